The number of nitrogens with one attached hydrogen (secondary N) is 2. The van der Waals surface area contributed by atoms with Gasteiger partial charge in [0.1, 0.15) is 11.9 Å². The van der Waals surface area contributed by atoms with Gasteiger partial charge in [-0.25, -0.2) is 4.98 Å². The topological polar surface area (TPSA) is 97.1 Å². The first-order valence-corrected chi connectivity index (χ1v) is 6.15. The van der Waals surface area contributed by atoms with Gasteiger partial charge in [-0.05, 0) is 25.0 Å². The molecule has 1 aromatic rings. The molecule has 0 aliphatic heterocycles. The fraction of sp³-hybridized carbons (Fsp3) is 0.462. The number of hydrogen-bond acceptors (Lipinski definition) is 4. The Labute approximate surface area is 112 Å². The number of rotatable bonds is 5. The van der Waals surface area contributed by atoms with E-state index in [2.05, 4.69) is 15.6 Å². The Morgan fingerprint density at radius 2 is 1.89 bits per heavy atom. The van der Waals surface area contributed by atoms with Crippen LogP contribution in [0.25, 0.3) is 0 Å². The first-order valence-electron chi connectivity index (χ1n) is 6.15. The second kappa shape index (κ2) is 6.17. The summed E-state index contributed by atoms with van der Waals surface area (Å²) >= 11 is 0. The monoisotopic (exact) mass is 264 g/mol. The maximum atomic E-state index is 12.0. The molecule has 104 valence electrons. The highest BCUT2D eigenvalue weighted by Gasteiger charge is 2.16. The minimum atomic E-state index is -0.707. The van der Waals surface area contributed by atoms with Crippen molar-refractivity contribution in [2.24, 2.45) is 5.73 Å². The number of aromatic nitrogens is 1. The van der Waals surface area contributed by atoms with Crippen LogP contribution in [0, 0.1) is 0 Å². The van der Waals surface area contributed by atoms with E-state index in [1.807, 2.05) is 13.8 Å². The summed E-state index contributed by atoms with van der Waals surface area (Å²) in [6.07, 6.45) is 0. The molecule has 0 bridgehead atoms. The molecule has 0 saturated carbocycles. The largest absolute Gasteiger partial charge is 0.373 e. The summed E-state index contributed by atoms with van der Waals surface area (Å²) in [6, 6.07) is 2.64. The van der Waals surface area contributed by atoms with Gasteiger partial charge in [0.2, 0.25) is 5.91 Å². The van der Waals surface area contributed by atoms with Crippen LogP contribution in [0.1, 0.15) is 42.7 Å². The van der Waals surface area contributed by atoms with Crippen molar-refractivity contribution in [3.8, 4) is 0 Å². The molecule has 0 aliphatic carbocycles. The van der Waals surface area contributed by atoms with Gasteiger partial charge in [-0.15, -0.1) is 0 Å². The normalized spacial score (nSPS) is 12.1. The van der Waals surface area contributed by atoms with Gasteiger partial charge in [0.25, 0.3) is 5.91 Å². The molecule has 0 aromatic carbocycles. The molecular weight excluding hydrogens is 244 g/mol. The lowest BCUT2D eigenvalue weighted by Crippen LogP contribution is -2.42. The maximum Gasteiger partial charge on any atom is 0.252 e. The van der Waals surface area contributed by atoms with Gasteiger partial charge in [0.15, 0.2) is 0 Å². The summed E-state index contributed by atoms with van der Waals surface area (Å²) in [5.74, 6) is -0.0936. The zero-order valence-electron chi connectivity index (χ0n) is 11.7. The van der Waals surface area contributed by atoms with E-state index < -0.39 is 11.9 Å². The van der Waals surface area contributed by atoms with Crippen LogP contribution in [0.15, 0.2) is 12.1 Å². The minimum Gasteiger partial charge on any atom is -0.373 e. The second-order valence-corrected chi connectivity index (χ2v) is 4.67. The summed E-state index contributed by atoms with van der Waals surface area (Å²) in [5, 5.41) is 5.45. The molecule has 2 amide bonds. The van der Waals surface area contributed by atoms with Gasteiger partial charge in [-0.2, -0.15) is 0 Å². The van der Waals surface area contributed by atoms with Crippen molar-refractivity contribution in [1.29, 1.82) is 0 Å². The number of nitrogens with two attached hydrogens (primary N) is 1. The van der Waals surface area contributed by atoms with Crippen LogP contribution in [0.5, 0.6) is 0 Å². The van der Waals surface area contributed by atoms with Crippen LogP contribution in [0.4, 0.5) is 5.82 Å². The molecule has 6 nitrogen and oxygen atoms in total. The third-order valence-corrected chi connectivity index (χ3v) is 2.73. The molecule has 1 aromatic heterocycles. The molecule has 1 heterocycles. The third-order valence-electron chi connectivity index (χ3n) is 2.73. The Hall–Kier alpha value is -2.11. The Balaban J connectivity index is 3.02. The SMILES string of the molecule is CNc1cc(C(=O)NC(C)C(N)=O)cc(C(C)C)n1. The summed E-state index contributed by atoms with van der Waals surface area (Å²) in [7, 11) is 1.74. The van der Waals surface area contributed by atoms with Gasteiger partial charge in [0, 0.05) is 18.3 Å². The highest BCUT2D eigenvalue weighted by Crippen LogP contribution is 2.17. The van der Waals surface area contributed by atoms with Gasteiger partial charge >= 0.3 is 0 Å². The van der Waals surface area contributed by atoms with E-state index >= 15 is 0 Å². The highest BCUT2D eigenvalue weighted by molar-refractivity contribution is 5.97. The smallest absolute Gasteiger partial charge is 0.252 e. The molecule has 4 N–H and O–H groups in total. The Bertz CT molecular complexity index is 486. The molecule has 0 fully saturated rings. The first-order chi connectivity index (χ1) is 8.85. The quantitative estimate of drug-likeness (QED) is 0.734. The number of nitrogens with zero attached hydrogens (tertiary/aromatic N) is 1. The van der Waals surface area contributed by atoms with Gasteiger partial charge in [-0.1, -0.05) is 13.8 Å². The summed E-state index contributed by atoms with van der Waals surface area (Å²) < 4.78 is 0. The van der Waals surface area contributed by atoms with Gasteiger partial charge < -0.3 is 16.4 Å². The molecule has 6 heteroatoms. The van der Waals surface area contributed by atoms with Crippen molar-refractivity contribution in [1.82, 2.24) is 10.3 Å². The molecule has 1 rings (SSSR count). The molecule has 0 spiro atoms. The van der Waals surface area contributed by atoms with Crippen LogP contribution in [-0.4, -0.2) is 29.9 Å². The fourth-order valence-electron chi connectivity index (χ4n) is 1.46. The zero-order chi connectivity index (χ0) is 14.6. The van der Waals surface area contributed by atoms with Crippen molar-refractivity contribution in [3.05, 3.63) is 23.4 Å². The molecule has 0 radical (unpaired) electrons. The van der Waals surface area contributed by atoms with Crippen molar-refractivity contribution >= 4 is 17.6 Å². The van der Waals surface area contributed by atoms with E-state index in [1.165, 1.54) is 0 Å². The van der Waals surface area contributed by atoms with E-state index in [4.69, 9.17) is 5.73 Å². The molecular formula is C13H20N4O2. The van der Waals surface area contributed by atoms with Crippen molar-refractivity contribution in [2.75, 3.05) is 12.4 Å². The van der Waals surface area contributed by atoms with Crippen molar-refractivity contribution < 1.29 is 9.59 Å². The Morgan fingerprint density at radius 1 is 1.26 bits per heavy atom. The van der Waals surface area contributed by atoms with Crippen LogP contribution in [0.2, 0.25) is 0 Å². The lowest BCUT2D eigenvalue weighted by atomic mass is 10.1. The maximum absolute atomic E-state index is 12.0. The fourth-order valence-corrected chi connectivity index (χ4v) is 1.46. The summed E-state index contributed by atoms with van der Waals surface area (Å²) in [6.45, 7) is 5.54. The number of pyridine rings is 1. The molecule has 0 saturated heterocycles. The van der Waals surface area contributed by atoms with Crippen LogP contribution in [-0.2, 0) is 4.79 Å². The number of anilines is 1. The number of carbonyl (C=O) groups excluding carboxylic acids is 2. The number of carbonyl (C=O) groups is 2. The molecule has 19 heavy (non-hydrogen) atoms. The average Bonchev–Trinajstić information content (AvgIpc) is 2.37. The number of hydrogen-bond donors (Lipinski definition) is 3. The Morgan fingerprint density at radius 3 is 2.37 bits per heavy atom. The van der Waals surface area contributed by atoms with Crippen molar-refractivity contribution in [3.63, 3.8) is 0 Å². The van der Waals surface area contributed by atoms with E-state index in [0.29, 0.717) is 11.4 Å². The Kier molecular flexibility index (Phi) is 4.86. The van der Waals surface area contributed by atoms with Crippen LogP contribution in [0.3, 0.4) is 0 Å². The zero-order valence-corrected chi connectivity index (χ0v) is 11.7. The lowest BCUT2D eigenvalue weighted by molar-refractivity contribution is -0.119. The summed E-state index contributed by atoms with van der Waals surface area (Å²) in [5.41, 5.74) is 6.38. The van der Waals surface area contributed by atoms with E-state index in [1.54, 1.807) is 26.1 Å². The van der Waals surface area contributed by atoms with Gasteiger partial charge in [-0.3, -0.25) is 9.59 Å². The summed E-state index contributed by atoms with van der Waals surface area (Å²) in [4.78, 5) is 27.3. The van der Waals surface area contributed by atoms with Crippen LogP contribution < -0.4 is 16.4 Å². The average molecular weight is 264 g/mol. The number of primary amides is 1. The lowest BCUT2D eigenvalue weighted by Gasteiger charge is -2.13. The third kappa shape index (κ3) is 3.94. The first kappa shape index (κ1) is 14.9. The predicted molar refractivity (Wildman–Crippen MR) is 74.0 cm³/mol. The van der Waals surface area contributed by atoms with Crippen LogP contribution >= 0.6 is 0 Å². The highest BCUT2D eigenvalue weighted by atomic mass is 16.2. The van der Waals surface area contributed by atoms with E-state index in [-0.39, 0.29) is 11.8 Å². The van der Waals surface area contributed by atoms with Crippen molar-refractivity contribution in [2.45, 2.75) is 32.7 Å². The minimum absolute atomic E-state index is 0.202. The molecule has 1 atom stereocenters. The second-order valence-electron chi connectivity index (χ2n) is 4.67. The molecule has 1 unspecified atom stereocenters. The standard InChI is InChI=1S/C13H20N4O2/c1-7(2)10-5-9(6-11(15-4)17-10)13(19)16-8(3)12(14)18/h5-8H,1-4H3,(H2,14,18)(H,15,17)(H,16,19). The van der Waals surface area contributed by atoms with Gasteiger partial charge in [0.05, 0.1) is 0 Å². The predicted octanol–water partition coefficient (Wildman–Crippen LogP) is 0.850. The molecule has 0 aliphatic rings. The van der Waals surface area contributed by atoms with E-state index in [0.717, 1.165) is 5.69 Å². The van der Waals surface area contributed by atoms with E-state index in [9.17, 15) is 9.59 Å². The number of amides is 2.